The van der Waals surface area contributed by atoms with E-state index in [1.807, 2.05) is 19.1 Å². The van der Waals surface area contributed by atoms with E-state index in [2.05, 4.69) is 18.3 Å². The van der Waals surface area contributed by atoms with Crippen LogP contribution in [0.2, 0.25) is 0 Å². The van der Waals surface area contributed by atoms with E-state index < -0.39 is 0 Å². The molecule has 2 aromatic rings. The molecule has 0 amide bonds. The smallest absolute Gasteiger partial charge is 0.187 e. The van der Waals surface area contributed by atoms with Gasteiger partial charge >= 0.3 is 0 Å². The highest BCUT2D eigenvalue weighted by Gasteiger charge is 2.02. The minimum Gasteiger partial charge on any atom is -0.497 e. The molecule has 0 bridgehead atoms. The summed E-state index contributed by atoms with van der Waals surface area (Å²) in [6.45, 7) is 4.09. The Morgan fingerprint density at radius 1 is 1.10 bits per heavy atom. The van der Waals surface area contributed by atoms with Gasteiger partial charge in [-0.25, -0.2) is 0 Å². The fourth-order valence-electron chi connectivity index (χ4n) is 2.03. The van der Waals surface area contributed by atoms with Gasteiger partial charge in [0, 0.05) is 23.5 Å². The van der Waals surface area contributed by atoms with Crippen LogP contribution in [-0.2, 0) is 0 Å². The molecule has 0 radical (unpaired) electrons. The molecule has 0 saturated carbocycles. The van der Waals surface area contributed by atoms with E-state index in [1.54, 1.807) is 37.6 Å². The summed E-state index contributed by atoms with van der Waals surface area (Å²) in [4.78, 5) is 12.0. The number of ketones is 1. The highest BCUT2D eigenvalue weighted by atomic mass is 16.5. The number of methoxy groups -OCH3 is 1. The second-order valence-corrected chi connectivity index (χ2v) is 4.89. The fourth-order valence-corrected chi connectivity index (χ4v) is 2.03. The van der Waals surface area contributed by atoms with Crippen LogP contribution in [0.1, 0.15) is 21.5 Å². The number of carbonyl (C=O) groups is 1. The van der Waals surface area contributed by atoms with Gasteiger partial charge in [0.25, 0.3) is 0 Å². The highest BCUT2D eigenvalue weighted by molar-refractivity contribution is 6.04. The Morgan fingerprint density at radius 3 is 2.43 bits per heavy atom. The average molecular weight is 281 g/mol. The summed E-state index contributed by atoms with van der Waals surface area (Å²) in [5.41, 5.74) is 4.00. The minimum atomic E-state index is -0.0464. The van der Waals surface area contributed by atoms with Crippen molar-refractivity contribution in [3.8, 4) is 5.75 Å². The van der Waals surface area contributed by atoms with Gasteiger partial charge < -0.3 is 10.1 Å². The molecule has 0 spiro atoms. The maximum absolute atomic E-state index is 12.0. The first-order chi connectivity index (χ1) is 10.1. The summed E-state index contributed by atoms with van der Waals surface area (Å²) in [6, 6.07) is 13.2. The van der Waals surface area contributed by atoms with Crippen LogP contribution >= 0.6 is 0 Å². The van der Waals surface area contributed by atoms with E-state index in [4.69, 9.17) is 4.74 Å². The summed E-state index contributed by atoms with van der Waals surface area (Å²) in [5, 5.41) is 3.14. The summed E-state index contributed by atoms with van der Waals surface area (Å²) in [6.07, 6.45) is 3.20. The maximum Gasteiger partial charge on any atom is 0.187 e. The molecule has 0 fully saturated rings. The summed E-state index contributed by atoms with van der Waals surface area (Å²) >= 11 is 0. The van der Waals surface area contributed by atoms with Gasteiger partial charge in [0.05, 0.1) is 7.11 Å². The fraction of sp³-hybridized carbons (Fsp3) is 0.167. The number of nitrogens with one attached hydrogen (secondary N) is 1. The summed E-state index contributed by atoms with van der Waals surface area (Å²) in [7, 11) is 1.60. The Hall–Kier alpha value is -2.55. The van der Waals surface area contributed by atoms with Crippen molar-refractivity contribution >= 4 is 11.5 Å². The third-order valence-electron chi connectivity index (χ3n) is 3.23. The predicted molar refractivity (Wildman–Crippen MR) is 86.0 cm³/mol. The van der Waals surface area contributed by atoms with Crippen LogP contribution in [0.5, 0.6) is 5.75 Å². The normalized spacial score (nSPS) is 10.6. The number of rotatable bonds is 5. The zero-order valence-electron chi connectivity index (χ0n) is 12.5. The largest absolute Gasteiger partial charge is 0.497 e. The SMILES string of the molecule is COc1ccc(C(=O)/C=C\Nc2ccc(C)cc2C)cc1. The number of carbonyl (C=O) groups excluding carboxylic acids is 1. The van der Waals surface area contributed by atoms with E-state index in [0.29, 0.717) is 5.56 Å². The second-order valence-electron chi connectivity index (χ2n) is 4.89. The molecule has 3 heteroatoms. The molecule has 2 rings (SSSR count). The van der Waals surface area contributed by atoms with Gasteiger partial charge in [-0.05, 0) is 49.7 Å². The number of benzene rings is 2. The Bertz CT molecular complexity index is 657. The lowest BCUT2D eigenvalue weighted by Gasteiger charge is -2.06. The van der Waals surface area contributed by atoms with E-state index in [1.165, 1.54) is 11.6 Å². The van der Waals surface area contributed by atoms with Crippen molar-refractivity contribution in [2.45, 2.75) is 13.8 Å². The van der Waals surface area contributed by atoms with Crippen molar-refractivity contribution in [2.75, 3.05) is 12.4 Å². The molecular formula is C18H19NO2. The molecule has 0 aliphatic carbocycles. The Labute approximate surface area is 125 Å². The maximum atomic E-state index is 12.0. The summed E-state index contributed by atoms with van der Waals surface area (Å²) in [5.74, 6) is 0.693. The lowest BCUT2D eigenvalue weighted by Crippen LogP contribution is -1.97. The second kappa shape index (κ2) is 6.75. The zero-order valence-corrected chi connectivity index (χ0v) is 12.5. The molecule has 0 aromatic heterocycles. The molecule has 0 heterocycles. The third kappa shape index (κ3) is 3.96. The molecule has 0 saturated heterocycles. The van der Waals surface area contributed by atoms with E-state index in [-0.39, 0.29) is 5.78 Å². The number of allylic oxidation sites excluding steroid dienone is 1. The van der Waals surface area contributed by atoms with Crippen LogP contribution < -0.4 is 10.1 Å². The monoisotopic (exact) mass is 281 g/mol. The quantitative estimate of drug-likeness (QED) is 0.662. The average Bonchev–Trinajstić information content (AvgIpc) is 2.49. The van der Waals surface area contributed by atoms with E-state index in [0.717, 1.165) is 17.0 Å². The molecule has 2 aromatic carbocycles. The molecular weight excluding hydrogens is 262 g/mol. The first-order valence-electron chi connectivity index (χ1n) is 6.79. The van der Waals surface area contributed by atoms with Gasteiger partial charge in [0.1, 0.15) is 5.75 Å². The molecule has 0 aliphatic rings. The van der Waals surface area contributed by atoms with Crippen molar-refractivity contribution in [3.05, 3.63) is 71.4 Å². The van der Waals surface area contributed by atoms with Crippen molar-refractivity contribution in [3.63, 3.8) is 0 Å². The molecule has 21 heavy (non-hydrogen) atoms. The van der Waals surface area contributed by atoms with Crippen LogP contribution in [0, 0.1) is 13.8 Å². The Balaban J connectivity index is 2.01. The van der Waals surface area contributed by atoms with Gasteiger partial charge in [-0.1, -0.05) is 17.7 Å². The molecule has 0 atom stereocenters. The van der Waals surface area contributed by atoms with Crippen molar-refractivity contribution < 1.29 is 9.53 Å². The van der Waals surface area contributed by atoms with Crippen molar-refractivity contribution in [1.29, 1.82) is 0 Å². The third-order valence-corrected chi connectivity index (χ3v) is 3.23. The molecule has 1 N–H and O–H groups in total. The van der Waals surface area contributed by atoms with Crippen LogP contribution in [-0.4, -0.2) is 12.9 Å². The number of ether oxygens (including phenoxy) is 1. The van der Waals surface area contributed by atoms with Crippen molar-refractivity contribution in [2.24, 2.45) is 0 Å². The lowest BCUT2D eigenvalue weighted by atomic mass is 10.1. The lowest BCUT2D eigenvalue weighted by molar-refractivity contribution is 0.104. The molecule has 108 valence electrons. The first kappa shape index (κ1) is 14.9. The Morgan fingerprint density at radius 2 is 1.81 bits per heavy atom. The number of aryl methyl sites for hydroxylation is 2. The van der Waals surface area contributed by atoms with Gasteiger partial charge in [-0.3, -0.25) is 4.79 Å². The van der Waals surface area contributed by atoms with Gasteiger partial charge in [-0.2, -0.15) is 0 Å². The van der Waals surface area contributed by atoms with Gasteiger partial charge in [-0.15, -0.1) is 0 Å². The predicted octanol–water partition coefficient (Wildman–Crippen LogP) is 4.12. The van der Waals surface area contributed by atoms with Gasteiger partial charge in [0.15, 0.2) is 5.78 Å². The van der Waals surface area contributed by atoms with E-state index in [9.17, 15) is 4.79 Å². The molecule has 0 unspecified atom stereocenters. The highest BCUT2D eigenvalue weighted by Crippen LogP contribution is 2.16. The topological polar surface area (TPSA) is 38.3 Å². The number of hydrogen-bond acceptors (Lipinski definition) is 3. The minimum absolute atomic E-state index is 0.0464. The van der Waals surface area contributed by atoms with Crippen LogP contribution in [0.15, 0.2) is 54.7 Å². The number of hydrogen-bond donors (Lipinski definition) is 1. The van der Waals surface area contributed by atoms with Crippen LogP contribution in [0.25, 0.3) is 0 Å². The summed E-state index contributed by atoms with van der Waals surface area (Å²) < 4.78 is 5.07. The molecule has 3 nitrogen and oxygen atoms in total. The van der Waals surface area contributed by atoms with Crippen LogP contribution in [0.3, 0.4) is 0 Å². The molecule has 0 aliphatic heterocycles. The van der Waals surface area contributed by atoms with Crippen molar-refractivity contribution in [1.82, 2.24) is 0 Å². The zero-order chi connectivity index (χ0) is 15.2. The van der Waals surface area contributed by atoms with Gasteiger partial charge in [0.2, 0.25) is 0 Å². The number of anilines is 1. The first-order valence-corrected chi connectivity index (χ1v) is 6.79. The van der Waals surface area contributed by atoms with E-state index >= 15 is 0 Å². The van der Waals surface area contributed by atoms with Crippen LogP contribution in [0.4, 0.5) is 5.69 Å². The Kier molecular flexibility index (Phi) is 4.77. The standard InChI is InChI=1S/C18H19NO2/c1-13-4-9-17(14(2)12-13)19-11-10-18(20)15-5-7-16(21-3)8-6-15/h4-12,19H,1-3H3/b11-10-.